The third-order valence-corrected chi connectivity index (χ3v) is 3.34. The highest BCUT2D eigenvalue weighted by molar-refractivity contribution is 8.13. The number of carbonyl (C=O) groups is 1. The first-order valence-electron chi connectivity index (χ1n) is 5.33. The summed E-state index contributed by atoms with van der Waals surface area (Å²) in [5.74, 6) is -0.357. The molecule has 0 fully saturated rings. The van der Waals surface area contributed by atoms with Crippen LogP contribution in [0.3, 0.4) is 0 Å². The summed E-state index contributed by atoms with van der Waals surface area (Å²) in [7, 11) is 1.46. The van der Waals surface area contributed by atoms with E-state index in [9.17, 15) is 13.2 Å². The van der Waals surface area contributed by atoms with Gasteiger partial charge in [0.15, 0.2) is 0 Å². The van der Waals surface area contributed by atoms with Crippen molar-refractivity contribution in [3.8, 4) is 0 Å². The van der Waals surface area contributed by atoms with E-state index in [1.54, 1.807) is 32.9 Å². The standard InChI is InChI=1S/C12H15ClO4S/c1-12(2,3)17-11(14)8-9-4-6-10(7-5-9)18(13,15)16/h4-7H,8H2,1-3H3. The van der Waals surface area contributed by atoms with Gasteiger partial charge in [-0.2, -0.15) is 0 Å². The molecule has 0 aliphatic heterocycles. The van der Waals surface area contributed by atoms with Crippen LogP contribution in [-0.2, 0) is 25.0 Å². The second-order valence-corrected chi connectivity index (χ2v) is 7.41. The molecule has 0 aromatic heterocycles. The van der Waals surface area contributed by atoms with E-state index in [0.717, 1.165) is 0 Å². The van der Waals surface area contributed by atoms with Gasteiger partial charge < -0.3 is 4.74 Å². The molecule has 0 aliphatic carbocycles. The molecule has 0 heterocycles. The van der Waals surface area contributed by atoms with Gasteiger partial charge in [-0.05, 0) is 38.5 Å². The van der Waals surface area contributed by atoms with Crippen molar-refractivity contribution in [1.82, 2.24) is 0 Å². The van der Waals surface area contributed by atoms with Crippen LogP contribution in [0.2, 0.25) is 0 Å². The minimum absolute atomic E-state index is 0.0112. The molecule has 1 rings (SSSR count). The molecule has 0 aliphatic rings. The number of halogens is 1. The number of esters is 1. The van der Waals surface area contributed by atoms with Gasteiger partial charge in [-0.1, -0.05) is 12.1 Å². The second kappa shape index (κ2) is 5.28. The Hall–Kier alpha value is -1.07. The first-order valence-corrected chi connectivity index (χ1v) is 7.64. The Balaban J connectivity index is 2.73. The van der Waals surface area contributed by atoms with E-state index in [0.29, 0.717) is 5.56 Å². The summed E-state index contributed by atoms with van der Waals surface area (Å²) in [6.45, 7) is 5.36. The van der Waals surface area contributed by atoms with Crippen LogP contribution in [0.5, 0.6) is 0 Å². The third-order valence-electron chi connectivity index (χ3n) is 1.97. The van der Waals surface area contributed by atoms with E-state index in [4.69, 9.17) is 15.4 Å². The Labute approximate surface area is 111 Å². The SMILES string of the molecule is CC(C)(C)OC(=O)Cc1ccc(S(=O)(=O)Cl)cc1. The summed E-state index contributed by atoms with van der Waals surface area (Å²) in [6.07, 6.45) is 0.0971. The molecule has 18 heavy (non-hydrogen) atoms. The molecular formula is C12H15ClO4S. The number of benzene rings is 1. The number of rotatable bonds is 3. The average molecular weight is 291 g/mol. The Morgan fingerprint density at radius 3 is 2.11 bits per heavy atom. The fourth-order valence-electron chi connectivity index (χ4n) is 1.31. The van der Waals surface area contributed by atoms with E-state index >= 15 is 0 Å². The second-order valence-electron chi connectivity index (χ2n) is 4.85. The molecule has 6 heteroatoms. The average Bonchev–Trinajstić information content (AvgIpc) is 2.13. The van der Waals surface area contributed by atoms with Crippen molar-refractivity contribution in [2.45, 2.75) is 37.7 Å². The maximum atomic E-state index is 11.5. The van der Waals surface area contributed by atoms with Crippen LogP contribution >= 0.6 is 10.7 Å². The van der Waals surface area contributed by atoms with Gasteiger partial charge in [0.2, 0.25) is 0 Å². The number of hydrogen-bond acceptors (Lipinski definition) is 4. The molecule has 0 spiro atoms. The molecule has 0 unspecified atom stereocenters. The van der Waals surface area contributed by atoms with Crippen molar-refractivity contribution in [3.05, 3.63) is 29.8 Å². The van der Waals surface area contributed by atoms with Crippen molar-refractivity contribution >= 4 is 25.7 Å². The Bertz CT molecular complexity index is 526. The van der Waals surface area contributed by atoms with Gasteiger partial charge in [-0.25, -0.2) is 8.42 Å². The molecule has 0 amide bonds. The Morgan fingerprint density at radius 2 is 1.72 bits per heavy atom. The molecule has 4 nitrogen and oxygen atoms in total. The van der Waals surface area contributed by atoms with Crippen LogP contribution in [0.15, 0.2) is 29.2 Å². The highest BCUT2D eigenvalue weighted by atomic mass is 35.7. The summed E-state index contributed by atoms with van der Waals surface area (Å²) >= 11 is 0. The minimum Gasteiger partial charge on any atom is -0.460 e. The van der Waals surface area contributed by atoms with Crippen molar-refractivity contribution in [3.63, 3.8) is 0 Å². The van der Waals surface area contributed by atoms with Gasteiger partial charge in [-0.15, -0.1) is 0 Å². The monoisotopic (exact) mass is 290 g/mol. The lowest BCUT2D eigenvalue weighted by atomic mass is 10.1. The van der Waals surface area contributed by atoms with E-state index in [1.165, 1.54) is 12.1 Å². The number of carbonyl (C=O) groups excluding carboxylic acids is 1. The zero-order valence-corrected chi connectivity index (χ0v) is 12.0. The smallest absolute Gasteiger partial charge is 0.310 e. The summed E-state index contributed by atoms with van der Waals surface area (Å²) in [5, 5.41) is 0. The topological polar surface area (TPSA) is 60.4 Å². The van der Waals surface area contributed by atoms with E-state index in [1.807, 2.05) is 0 Å². The molecular weight excluding hydrogens is 276 g/mol. The van der Waals surface area contributed by atoms with E-state index in [2.05, 4.69) is 0 Å². The molecule has 1 aromatic carbocycles. The molecule has 1 aromatic rings. The lowest BCUT2D eigenvalue weighted by Crippen LogP contribution is -2.24. The van der Waals surface area contributed by atoms with E-state index in [-0.39, 0.29) is 17.3 Å². The molecule has 0 saturated heterocycles. The number of hydrogen-bond donors (Lipinski definition) is 0. The van der Waals surface area contributed by atoms with Crippen LogP contribution in [0.25, 0.3) is 0 Å². The summed E-state index contributed by atoms with van der Waals surface area (Å²) in [5.41, 5.74) is 0.143. The molecule has 0 atom stereocenters. The highest BCUT2D eigenvalue weighted by Gasteiger charge is 2.17. The fourth-order valence-corrected chi connectivity index (χ4v) is 2.08. The van der Waals surface area contributed by atoms with Gasteiger partial charge in [0.25, 0.3) is 9.05 Å². The lowest BCUT2D eigenvalue weighted by molar-refractivity contribution is -0.153. The van der Waals surface area contributed by atoms with Crippen LogP contribution in [0, 0.1) is 0 Å². The summed E-state index contributed by atoms with van der Waals surface area (Å²) in [6, 6.07) is 5.81. The maximum Gasteiger partial charge on any atom is 0.310 e. The molecule has 0 bridgehead atoms. The van der Waals surface area contributed by atoms with Gasteiger partial charge in [-0.3, -0.25) is 4.79 Å². The van der Waals surface area contributed by atoms with Crippen LogP contribution in [0.1, 0.15) is 26.3 Å². The predicted octanol–water partition coefficient (Wildman–Crippen LogP) is 2.50. The first-order chi connectivity index (χ1) is 8.08. The molecule has 100 valence electrons. The van der Waals surface area contributed by atoms with Crippen molar-refractivity contribution in [1.29, 1.82) is 0 Å². The molecule has 0 saturated carbocycles. The zero-order valence-electron chi connectivity index (χ0n) is 10.4. The zero-order chi connectivity index (χ0) is 14.0. The summed E-state index contributed by atoms with van der Waals surface area (Å²) in [4.78, 5) is 11.6. The van der Waals surface area contributed by atoms with Crippen molar-refractivity contribution in [2.24, 2.45) is 0 Å². The van der Waals surface area contributed by atoms with Crippen molar-refractivity contribution in [2.75, 3.05) is 0 Å². The summed E-state index contributed by atoms with van der Waals surface area (Å²) < 4.78 is 27.2. The Morgan fingerprint density at radius 1 is 1.22 bits per heavy atom. The first kappa shape index (κ1) is 15.0. The predicted molar refractivity (Wildman–Crippen MR) is 69.0 cm³/mol. The Kier molecular flexibility index (Phi) is 4.40. The van der Waals surface area contributed by atoms with Crippen LogP contribution < -0.4 is 0 Å². The largest absolute Gasteiger partial charge is 0.460 e. The van der Waals surface area contributed by atoms with E-state index < -0.39 is 14.7 Å². The maximum absolute atomic E-state index is 11.5. The van der Waals surface area contributed by atoms with Gasteiger partial charge in [0, 0.05) is 10.7 Å². The molecule has 0 N–H and O–H groups in total. The van der Waals surface area contributed by atoms with Gasteiger partial charge in [0.1, 0.15) is 5.60 Å². The normalized spacial score (nSPS) is 12.2. The quantitative estimate of drug-likeness (QED) is 0.634. The molecule has 0 radical (unpaired) electrons. The third kappa shape index (κ3) is 5.06. The van der Waals surface area contributed by atoms with Gasteiger partial charge >= 0.3 is 5.97 Å². The van der Waals surface area contributed by atoms with Crippen molar-refractivity contribution < 1.29 is 17.9 Å². The van der Waals surface area contributed by atoms with Gasteiger partial charge in [0.05, 0.1) is 11.3 Å². The van der Waals surface area contributed by atoms with Crippen LogP contribution in [-0.4, -0.2) is 20.0 Å². The van der Waals surface area contributed by atoms with Crippen LogP contribution in [0.4, 0.5) is 0 Å². The number of ether oxygens (including phenoxy) is 1. The minimum atomic E-state index is -3.72. The highest BCUT2D eigenvalue weighted by Crippen LogP contribution is 2.16. The lowest BCUT2D eigenvalue weighted by Gasteiger charge is -2.19. The fraction of sp³-hybridized carbons (Fsp3) is 0.417.